The molecule has 2 unspecified atom stereocenters. The molecule has 5 nitrogen and oxygen atoms in total. The van der Waals surface area contributed by atoms with Crippen molar-refractivity contribution in [2.45, 2.75) is 51.7 Å². The first-order valence-corrected chi connectivity index (χ1v) is 10.7. The maximum atomic E-state index is 10.7. The highest BCUT2D eigenvalue weighted by Gasteiger charge is 2.24. The Morgan fingerprint density at radius 2 is 1.77 bits per heavy atom. The summed E-state index contributed by atoms with van der Waals surface area (Å²) in [6.07, 6.45) is -1.14. The quantitative estimate of drug-likeness (QED) is 0.601. The van der Waals surface area contributed by atoms with Crippen LogP contribution >= 0.6 is 0 Å². The molecule has 4 rings (SSSR count). The van der Waals surface area contributed by atoms with Crippen LogP contribution in [0.4, 0.5) is 0 Å². The Kier molecular flexibility index (Phi) is 6.37. The van der Waals surface area contributed by atoms with E-state index in [9.17, 15) is 5.11 Å². The van der Waals surface area contributed by atoms with Crippen LogP contribution in [0.25, 0.3) is 0 Å². The molecule has 2 aromatic carbocycles. The van der Waals surface area contributed by atoms with Gasteiger partial charge in [-0.3, -0.25) is 0 Å². The first-order valence-electron chi connectivity index (χ1n) is 10.7. The molecule has 1 aromatic heterocycles. The van der Waals surface area contributed by atoms with E-state index in [1.807, 2.05) is 42.5 Å². The van der Waals surface area contributed by atoms with Gasteiger partial charge in [-0.2, -0.15) is 0 Å². The highest BCUT2D eigenvalue weighted by Crippen LogP contribution is 2.32. The van der Waals surface area contributed by atoms with E-state index in [0.717, 1.165) is 5.56 Å². The van der Waals surface area contributed by atoms with Crippen molar-refractivity contribution in [3.8, 4) is 5.75 Å². The molecular formula is C26H30N2O3. The number of hydrogen-bond donors (Lipinski definition) is 2. The topological polar surface area (TPSA) is 63.6 Å². The fourth-order valence-electron chi connectivity index (χ4n) is 3.83. The van der Waals surface area contributed by atoms with Crippen molar-refractivity contribution < 1.29 is 14.6 Å². The van der Waals surface area contributed by atoms with Gasteiger partial charge in [0.15, 0.2) is 0 Å². The van der Waals surface area contributed by atoms with E-state index < -0.39 is 12.4 Å². The molecule has 31 heavy (non-hydrogen) atoms. The molecular weight excluding hydrogens is 388 g/mol. The summed E-state index contributed by atoms with van der Waals surface area (Å²) in [6, 6.07) is 22.0. The molecule has 0 aliphatic carbocycles. The number of nitrogens with zero attached hydrogens (tertiary/aromatic N) is 1. The molecule has 2 atom stereocenters. The number of ether oxygens (including phenoxy) is 2. The normalized spacial score (nSPS) is 17.0. The zero-order valence-electron chi connectivity index (χ0n) is 18.3. The third-order valence-corrected chi connectivity index (χ3v) is 5.45. The minimum absolute atomic E-state index is 0.0779. The zero-order valence-corrected chi connectivity index (χ0v) is 18.3. The Balaban J connectivity index is 1.37. The van der Waals surface area contributed by atoms with Gasteiger partial charge in [-0.05, 0) is 28.7 Å². The summed E-state index contributed by atoms with van der Waals surface area (Å²) in [5.74, 6) is 0.697. The van der Waals surface area contributed by atoms with E-state index in [0.29, 0.717) is 36.8 Å². The summed E-state index contributed by atoms with van der Waals surface area (Å²) in [4.78, 5) is 4.58. The lowest BCUT2D eigenvalue weighted by molar-refractivity contribution is -0.113. The number of aromatic nitrogens is 1. The van der Waals surface area contributed by atoms with Crippen LogP contribution in [0, 0.1) is 0 Å². The van der Waals surface area contributed by atoms with E-state index in [4.69, 9.17) is 9.47 Å². The molecule has 1 aliphatic heterocycles. The minimum Gasteiger partial charge on any atom is -0.459 e. The molecule has 0 saturated carbocycles. The van der Waals surface area contributed by atoms with Gasteiger partial charge in [0.1, 0.15) is 17.5 Å². The molecule has 0 saturated heterocycles. The molecule has 0 spiro atoms. The van der Waals surface area contributed by atoms with Crippen molar-refractivity contribution in [2.75, 3.05) is 6.54 Å². The molecule has 2 N–H and O–H groups in total. The predicted octanol–water partition coefficient (Wildman–Crippen LogP) is 4.81. The van der Waals surface area contributed by atoms with Gasteiger partial charge >= 0.3 is 0 Å². The summed E-state index contributed by atoms with van der Waals surface area (Å²) in [5.41, 5.74) is 4.93. The highest BCUT2D eigenvalue weighted by atomic mass is 16.7. The lowest BCUT2D eigenvalue weighted by Gasteiger charge is -2.26. The fraction of sp³-hybridized carbons (Fsp3) is 0.346. The minimum atomic E-state index is -0.709. The number of rotatable bonds is 6. The monoisotopic (exact) mass is 418 g/mol. The van der Waals surface area contributed by atoms with Crippen LogP contribution in [0.1, 0.15) is 61.2 Å². The Hall–Kier alpha value is -2.73. The molecule has 162 valence electrons. The van der Waals surface area contributed by atoms with E-state index >= 15 is 0 Å². The maximum Gasteiger partial charge on any atom is 0.227 e. The Bertz CT molecular complexity index is 1010. The Morgan fingerprint density at radius 1 is 1.03 bits per heavy atom. The fourth-order valence-corrected chi connectivity index (χ4v) is 3.83. The van der Waals surface area contributed by atoms with Gasteiger partial charge in [-0.1, -0.05) is 75.4 Å². The molecule has 0 bridgehead atoms. The molecule has 0 amide bonds. The number of aliphatic hydroxyl groups excluding tert-OH is 1. The summed E-state index contributed by atoms with van der Waals surface area (Å²) in [5, 5.41) is 14.0. The maximum absolute atomic E-state index is 10.7. The van der Waals surface area contributed by atoms with Crippen LogP contribution in [0.2, 0.25) is 0 Å². The van der Waals surface area contributed by atoms with Crippen molar-refractivity contribution in [3.05, 3.63) is 94.8 Å². The van der Waals surface area contributed by atoms with Crippen LogP contribution in [0.15, 0.2) is 66.7 Å². The lowest BCUT2D eigenvalue weighted by atomic mass is 9.84. The molecule has 3 aromatic rings. The third kappa shape index (κ3) is 5.13. The first-order chi connectivity index (χ1) is 14.9. The summed E-state index contributed by atoms with van der Waals surface area (Å²) >= 11 is 0. The van der Waals surface area contributed by atoms with Gasteiger partial charge in [-0.25, -0.2) is 4.98 Å². The van der Waals surface area contributed by atoms with Crippen molar-refractivity contribution in [2.24, 2.45) is 0 Å². The Labute approximate surface area is 184 Å². The average Bonchev–Trinajstić information content (AvgIpc) is 2.78. The van der Waals surface area contributed by atoms with E-state index in [1.54, 1.807) is 0 Å². The van der Waals surface area contributed by atoms with Gasteiger partial charge in [0.2, 0.25) is 6.29 Å². The number of pyridine rings is 1. The standard InChI is InChI=1S/C26H30N2O3/c1-26(2,3)20-12-8-7-11-19(20)15-27-16-23(29)21-13-14-24-22(28-21)17-30-25(31-24)18-9-5-4-6-10-18/h4-14,23,25,27,29H,15-17H2,1-3H3. The van der Waals surface area contributed by atoms with E-state index in [1.165, 1.54) is 11.1 Å². The average molecular weight is 419 g/mol. The number of aliphatic hydroxyl groups is 1. The summed E-state index contributed by atoms with van der Waals surface area (Å²) < 4.78 is 11.8. The predicted molar refractivity (Wildman–Crippen MR) is 121 cm³/mol. The number of fused-ring (bicyclic) bond motifs is 1. The first kappa shape index (κ1) is 21.5. The van der Waals surface area contributed by atoms with Crippen LogP contribution < -0.4 is 10.1 Å². The van der Waals surface area contributed by atoms with E-state index in [2.05, 4.69) is 55.3 Å². The largest absolute Gasteiger partial charge is 0.459 e. The van der Waals surface area contributed by atoms with Crippen LogP contribution in [0.5, 0.6) is 5.75 Å². The number of benzene rings is 2. The van der Waals surface area contributed by atoms with Crippen molar-refractivity contribution >= 4 is 0 Å². The van der Waals surface area contributed by atoms with Gasteiger partial charge < -0.3 is 19.9 Å². The highest BCUT2D eigenvalue weighted by molar-refractivity contribution is 5.33. The van der Waals surface area contributed by atoms with Gasteiger partial charge in [-0.15, -0.1) is 0 Å². The van der Waals surface area contributed by atoms with Crippen molar-refractivity contribution in [1.82, 2.24) is 10.3 Å². The lowest BCUT2D eigenvalue weighted by Crippen LogP contribution is -2.25. The second-order valence-corrected chi connectivity index (χ2v) is 8.91. The van der Waals surface area contributed by atoms with Crippen molar-refractivity contribution in [3.63, 3.8) is 0 Å². The Morgan fingerprint density at radius 3 is 2.55 bits per heavy atom. The third-order valence-electron chi connectivity index (χ3n) is 5.45. The molecule has 2 heterocycles. The van der Waals surface area contributed by atoms with Gasteiger partial charge in [0.25, 0.3) is 0 Å². The summed E-state index contributed by atoms with van der Waals surface area (Å²) in [7, 11) is 0. The van der Waals surface area contributed by atoms with Gasteiger partial charge in [0, 0.05) is 18.7 Å². The van der Waals surface area contributed by atoms with Crippen LogP contribution in [-0.4, -0.2) is 16.6 Å². The van der Waals surface area contributed by atoms with E-state index in [-0.39, 0.29) is 5.41 Å². The second-order valence-electron chi connectivity index (χ2n) is 8.91. The van der Waals surface area contributed by atoms with Gasteiger partial charge in [0.05, 0.1) is 12.3 Å². The number of nitrogens with one attached hydrogen (secondary N) is 1. The molecule has 0 radical (unpaired) electrons. The SMILES string of the molecule is CC(C)(C)c1ccccc1CNCC(O)c1ccc2c(n1)COC(c1ccccc1)O2. The van der Waals surface area contributed by atoms with Crippen LogP contribution in [0.3, 0.4) is 0 Å². The smallest absolute Gasteiger partial charge is 0.227 e. The van der Waals surface area contributed by atoms with Crippen LogP contribution in [-0.2, 0) is 23.3 Å². The molecule has 0 fully saturated rings. The van der Waals surface area contributed by atoms with Crippen molar-refractivity contribution in [1.29, 1.82) is 0 Å². The summed E-state index contributed by atoms with van der Waals surface area (Å²) in [6.45, 7) is 8.10. The number of hydrogen-bond acceptors (Lipinski definition) is 5. The molecule has 1 aliphatic rings. The molecule has 5 heteroatoms. The second kappa shape index (κ2) is 9.18. The zero-order chi connectivity index (χ0) is 21.8.